The van der Waals surface area contributed by atoms with Gasteiger partial charge in [0.1, 0.15) is 6.61 Å². The number of benzene rings is 1. The Kier molecular flexibility index (Phi) is 3.56. The zero-order valence-corrected chi connectivity index (χ0v) is 12.6. The van der Waals surface area contributed by atoms with E-state index in [1.54, 1.807) is 0 Å². The smallest absolute Gasteiger partial charge is 0.208 e. The summed E-state index contributed by atoms with van der Waals surface area (Å²) >= 11 is 4.80. The van der Waals surface area contributed by atoms with E-state index in [4.69, 9.17) is 9.47 Å². The normalized spacial score (nSPS) is 17.3. The summed E-state index contributed by atoms with van der Waals surface area (Å²) in [6.45, 7) is 1.25. The van der Waals surface area contributed by atoms with Crippen LogP contribution < -0.4 is 14.4 Å². The first-order valence-corrected chi connectivity index (χ1v) is 7.42. The van der Waals surface area contributed by atoms with Gasteiger partial charge in [0, 0.05) is 7.05 Å². The van der Waals surface area contributed by atoms with Crippen LogP contribution in [0.4, 0.5) is 5.13 Å². The standard InChI is InChI=1S/C12H12BrN3O2S/c1-16(12-15-14-11(13)19-12)6-8-7-17-9-4-2-3-5-10(9)18-8/h2-5,8H,6-7H2,1H3. The highest BCUT2D eigenvalue weighted by Crippen LogP contribution is 2.31. The Bertz CT molecular complexity index is 578. The maximum absolute atomic E-state index is 5.91. The summed E-state index contributed by atoms with van der Waals surface area (Å²) in [5.41, 5.74) is 0. The summed E-state index contributed by atoms with van der Waals surface area (Å²) in [6, 6.07) is 7.71. The lowest BCUT2D eigenvalue weighted by molar-refractivity contribution is 0.0960. The molecule has 5 nitrogen and oxygen atoms in total. The van der Waals surface area contributed by atoms with E-state index in [0.717, 1.165) is 20.5 Å². The van der Waals surface area contributed by atoms with Gasteiger partial charge in [-0.3, -0.25) is 0 Å². The second-order valence-electron chi connectivity index (χ2n) is 4.22. The number of aromatic nitrogens is 2. The number of rotatable bonds is 3. The van der Waals surface area contributed by atoms with Gasteiger partial charge < -0.3 is 14.4 Å². The van der Waals surface area contributed by atoms with Gasteiger partial charge in [0.25, 0.3) is 0 Å². The van der Waals surface area contributed by atoms with Crippen LogP contribution in [0.1, 0.15) is 0 Å². The second-order valence-corrected chi connectivity index (χ2v) is 6.45. The van der Waals surface area contributed by atoms with Crippen molar-refractivity contribution in [3.05, 3.63) is 28.2 Å². The molecule has 0 saturated heterocycles. The molecule has 3 rings (SSSR count). The molecule has 0 aliphatic carbocycles. The molecule has 100 valence electrons. The molecule has 1 aromatic carbocycles. The summed E-state index contributed by atoms with van der Waals surface area (Å²) < 4.78 is 12.4. The van der Waals surface area contributed by atoms with Crippen LogP contribution >= 0.6 is 27.3 Å². The molecule has 0 N–H and O–H groups in total. The van der Waals surface area contributed by atoms with Gasteiger partial charge in [0.2, 0.25) is 5.13 Å². The third-order valence-corrected chi connectivity index (χ3v) is 4.23. The summed E-state index contributed by atoms with van der Waals surface area (Å²) in [7, 11) is 1.97. The number of anilines is 1. The van der Waals surface area contributed by atoms with E-state index >= 15 is 0 Å². The monoisotopic (exact) mass is 341 g/mol. The molecule has 2 heterocycles. The van der Waals surface area contributed by atoms with Gasteiger partial charge in [-0.25, -0.2) is 0 Å². The topological polar surface area (TPSA) is 47.5 Å². The predicted molar refractivity (Wildman–Crippen MR) is 77.2 cm³/mol. The summed E-state index contributed by atoms with van der Waals surface area (Å²) in [5.74, 6) is 1.60. The molecule has 0 spiro atoms. The number of fused-ring (bicyclic) bond motifs is 1. The van der Waals surface area contributed by atoms with Crippen molar-refractivity contribution in [1.82, 2.24) is 10.2 Å². The van der Waals surface area contributed by atoms with Crippen molar-refractivity contribution in [2.75, 3.05) is 25.1 Å². The molecule has 7 heteroatoms. The number of likely N-dealkylation sites (N-methyl/N-ethyl adjacent to an activating group) is 1. The van der Waals surface area contributed by atoms with Crippen LogP contribution in [-0.4, -0.2) is 36.5 Å². The number of hydrogen-bond donors (Lipinski definition) is 0. The zero-order chi connectivity index (χ0) is 13.2. The quantitative estimate of drug-likeness (QED) is 0.858. The van der Waals surface area contributed by atoms with Gasteiger partial charge in [-0.1, -0.05) is 23.5 Å². The molecule has 1 atom stereocenters. The van der Waals surface area contributed by atoms with Crippen molar-refractivity contribution in [1.29, 1.82) is 0 Å². The molecular formula is C12H12BrN3O2S. The Morgan fingerprint density at radius 3 is 2.89 bits per heavy atom. The van der Waals surface area contributed by atoms with E-state index in [1.165, 1.54) is 11.3 Å². The van der Waals surface area contributed by atoms with Crippen LogP contribution in [0.15, 0.2) is 28.2 Å². The fourth-order valence-electron chi connectivity index (χ4n) is 1.89. The lowest BCUT2D eigenvalue weighted by Gasteiger charge is -2.29. The minimum Gasteiger partial charge on any atom is -0.486 e. The molecule has 0 bridgehead atoms. The Hall–Kier alpha value is -1.34. The number of ether oxygens (including phenoxy) is 2. The number of para-hydroxylation sites is 2. The van der Waals surface area contributed by atoms with Gasteiger partial charge in [-0.2, -0.15) is 0 Å². The second kappa shape index (κ2) is 5.34. The van der Waals surface area contributed by atoms with Crippen LogP contribution in [0, 0.1) is 0 Å². The van der Waals surface area contributed by atoms with Gasteiger partial charge in [-0.05, 0) is 28.1 Å². The lowest BCUT2D eigenvalue weighted by Crippen LogP contribution is -2.39. The van der Waals surface area contributed by atoms with Crippen molar-refractivity contribution < 1.29 is 9.47 Å². The first kappa shape index (κ1) is 12.7. The van der Waals surface area contributed by atoms with Crippen LogP contribution in [0.2, 0.25) is 0 Å². The molecule has 0 amide bonds. The Morgan fingerprint density at radius 2 is 2.16 bits per heavy atom. The lowest BCUT2D eigenvalue weighted by atomic mass is 10.2. The maximum Gasteiger partial charge on any atom is 0.208 e. The molecule has 1 aliphatic rings. The molecule has 1 aromatic heterocycles. The number of nitrogens with zero attached hydrogens (tertiary/aromatic N) is 3. The minimum absolute atomic E-state index is 0.0115. The Labute approximate surface area is 123 Å². The summed E-state index contributed by atoms with van der Waals surface area (Å²) in [6.07, 6.45) is -0.0115. The molecule has 0 radical (unpaired) electrons. The predicted octanol–water partition coefficient (Wildman–Crippen LogP) is 2.58. The van der Waals surface area contributed by atoms with E-state index in [9.17, 15) is 0 Å². The van der Waals surface area contributed by atoms with Crippen LogP contribution in [-0.2, 0) is 0 Å². The van der Waals surface area contributed by atoms with Crippen molar-refractivity contribution in [2.45, 2.75) is 6.10 Å². The van der Waals surface area contributed by atoms with Gasteiger partial charge in [0.15, 0.2) is 21.5 Å². The third-order valence-electron chi connectivity index (χ3n) is 2.76. The van der Waals surface area contributed by atoms with Gasteiger partial charge >= 0.3 is 0 Å². The zero-order valence-electron chi connectivity index (χ0n) is 10.2. The SMILES string of the molecule is CN(CC1COc2ccccc2O1)c1nnc(Br)s1. The van der Waals surface area contributed by atoms with E-state index in [1.807, 2.05) is 36.2 Å². The van der Waals surface area contributed by atoms with Gasteiger partial charge in [0.05, 0.1) is 6.54 Å². The van der Waals surface area contributed by atoms with Crippen LogP contribution in [0.25, 0.3) is 0 Å². The minimum atomic E-state index is -0.0115. The molecule has 19 heavy (non-hydrogen) atoms. The van der Waals surface area contributed by atoms with Gasteiger partial charge in [-0.15, -0.1) is 10.2 Å². The van der Waals surface area contributed by atoms with Crippen molar-refractivity contribution in [3.8, 4) is 11.5 Å². The fraction of sp³-hybridized carbons (Fsp3) is 0.333. The molecule has 0 fully saturated rings. The van der Waals surface area contributed by atoms with E-state index in [2.05, 4.69) is 26.1 Å². The fourth-order valence-corrected chi connectivity index (χ4v) is 2.95. The first-order valence-electron chi connectivity index (χ1n) is 5.81. The molecular weight excluding hydrogens is 330 g/mol. The largest absolute Gasteiger partial charge is 0.486 e. The molecule has 2 aromatic rings. The summed E-state index contributed by atoms with van der Waals surface area (Å²) in [5, 5.41) is 8.87. The number of halogens is 1. The third kappa shape index (κ3) is 2.82. The van der Waals surface area contributed by atoms with E-state index in [0.29, 0.717) is 13.2 Å². The van der Waals surface area contributed by atoms with Crippen molar-refractivity contribution in [2.24, 2.45) is 0 Å². The number of hydrogen-bond acceptors (Lipinski definition) is 6. The average molecular weight is 342 g/mol. The summed E-state index contributed by atoms with van der Waals surface area (Å²) in [4.78, 5) is 2.02. The van der Waals surface area contributed by atoms with Crippen LogP contribution in [0.3, 0.4) is 0 Å². The highest BCUT2D eigenvalue weighted by Gasteiger charge is 2.23. The van der Waals surface area contributed by atoms with E-state index in [-0.39, 0.29) is 6.10 Å². The Morgan fingerprint density at radius 1 is 1.37 bits per heavy atom. The molecule has 1 aliphatic heterocycles. The molecule has 0 saturated carbocycles. The highest BCUT2D eigenvalue weighted by atomic mass is 79.9. The first-order chi connectivity index (χ1) is 9.22. The maximum atomic E-state index is 5.91. The highest BCUT2D eigenvalue weighted by molar-refractivity contribution is 9.11. The van der Waals surface area contributed by atoms with Crippen molar-refractivity contribution >= 4 is 32.4 Å². The average Bonchev–Trinajstić information content (AvgIpc) is 2.85. The van der Waals surface area contributed by atoms with Crippen molar-refractivity contribution in [3.63, 3.8) is 0 Å². The van der Waals surface area contributed by atoms with E-state index < -0.39 is 0 Å². The van der Waals surface area contributed by atoms with Crippen LogP contribution in [0.5, 0.6) is 11.5 Å². The molecule has 1 unspecified atom stereocenters. The Balaban J connectivity index is 1.66.